The molecule has 9 heteroatoms. The molecule has 0 unspecified atom stereocenters. The van der Waals surface area contributed by atoms with Gasteiger partial charge in [-0.2, -0.15) is 13.2 Å². The van der Waals surface area contributed by atoms with Crippen LogP contribution in [0.2, 0.25) is 0 Å². The predicted octanol–water partition coefficient (Wildman–Crippen LogP) is 5.12. The average molecular weight is 433 g/mol. The quantitative estimate of drug-likeness (QED) is 0.580. The zero-order valence-electron chi connectivity index (χ0n) is 15.3. The Morgan fingerprint density at radius 1 is 1.10 bits per heavy atom. The van der Waals surface area contributed by atoms with E-state index >= 15 is 0 Å². The molecule has 1 aliphatic rings. The molecule has 4 rings (SSSR count). The number of thiophene rings is 1. The summed E-state index contributed by atoms with van der Waals surface area (Å²) >= 11 is 1.21. The molecule has 1 aromatic heterocycles. The van der Waals surface area contributed by atoms with Gasteiger partial charge in [-0.15, -0.1) is 11.3 Å². The summed E-state index contributed by atoms with van der Waals surface area (Å²) in [6.07, 6.45) is -4.62. The first-order valence-electron chi connectivity index (χ1n) is 8.81. The van der Waals surface area contributed by atoms with Crippen molar-refractivity contribution in [3.8, 4) is 16.2 Å². The molecule has 0 atom stereocenters. The highest BCUT2D eigenvalue weighted by Crippen LogP contribution is 2.42. The molecule has 0 radical (unpaired) electrons. The maximum atomic E-state index is 13.0. The number of esters is 1. The van der Waals surface area contributed by atoms with Crippen LogP contribution in [0.3, 0.4) is 0 Å². The molecule has 3 aromatic rings. The van der Waals surface area contributed by atoms with Gasteiger partial charge in [0.15, 0.2) is 6.61 Å². The maximum Gasteiger partial charge on any atom is 0.418 e. The summed E-state index contributed by atoms with van der Waals surface area (Å²) in [5.41, 5.74) is 0.319. The number of benzene rings is 2. The van der Waals surface area contributed by atoms with Gasteiger partial charge in [0.2, 0.25) is 0 Å². The van der Waals surface area contributed by atoms with Crippen LogP contribution in [-0.4, -0.2) is 18.5 Å². The van der Waals surface area contributed by atoms with E-state index in [1.54, 1.807) is 6.07 Å². The van der Waals surface area contributed by atoms with Gasteiger partial charge in [-0.05, 0) is 30.3 Å². The Balaban J connectivity index is 1.42. The molecule has 1 aliphatic heterocycles. The van der Waals surface area contributed by atoms with E-state index in [9.17, 15) is 22.8 Å². The molecule has 0 aliphatic carbocycles. The van der Waals surface area contributed by atoms with Crippen LogP contribution in [0.1, 0.15) is 20.8 Å². The summed E-state index contributed by atoms with van der Waals surface area (Å²) in [7, 11) is 0. The van der Waals surface area contributed by atoms with E-state index in [4.69, 9.17) is 9.47 Å². The van der Waals surface area contributed by atoms with Gasteiger partial charge in [0.25, 0.3) is 5.91 Å². The van der Waals surface area contributed by atoms with Crippen LogP contribution in [0, 0.1) is 0 Å². The SMILES string of the molecule is O=C(COC(=O)c1cc2c(s1)-c1ccccc1OC2)Nc1ccccc1C(F)(F)F. The number of halogens is 3. The lowest BCUT2D eigenvalue weighted by Crippen LogP contribution is -2.22. The number of alkyl halides is 3. The topological polar surface area (TPSA) is 64.6 Å². The molecular formula is C21H14F3NO4S. The number of nitrogens with one attached hydrogen (secondary N) is 1. The Morgan fingerprint density at radius 2 is 1.83 bits per heavy atom. The third-order valence-electron chi connectivity index (χ3n) is 4.37. The van der Waals surface area contributed by atoms with Crippen molar-refractivity contribution >= 4 is 28.9 Å². The highest BCUT2D eigenvalue weighted by Gasteiger charge is 2.33. The zero-order chi connectivity index (χ0) is 21.3. The highest BCUT2D eigenvalue weighted by molar-refractivity contribution is 7.17. The van der Waals surface area contributed by atoms with Crippen LogP contribution in [0.4, 0.5) is 18.9 Å². The normalized spacial score (nSPS) is 12.4. The van der Waals surface area contributed by atoms with Crippen molar-refractivity contribution in [1.29, 1.82) is 0 Å². The molecule has 0 spiro atoms. The van der Waals surface area contributed by atoms with Crippen molar-refractivity contribution in [3.63, 3.8) is 0 Å². The van der Waals surface area contributed by atoms with E-state index in [1.807, 2.05) is 24.3 Å². The smallest absolute Gasteiger partial charge is 0.418 e. The highest BCUT2D eigenvalue weighted by atomic mass is 32.1. The Kier molecular flexibility index (Phi) is 5.21. The molecule has 0 bridgehead atoms. The van der Waals surface area contributed by atoms with Gasteiger partial charge in [0, 0.05) is 16.0 Å². The second kappa shape index (κ2) is 7.83. The minimum absolute atomic E-state index is 0.281. The first-order chi connectivity index (χ1) is 14.3. The Labute approximate surface area is 173 Å². The van der Waals surface area contributed by atoms with Gasteiger partial charge in [0.05, 0.1) is 11.3 Å². The van der Waals surface area contributed by atoms with Crippen molar-refractivity contribution in [1.82, 2.24) is 0 Å². The van der Waals surface area contributed by atoms with Crippen LogP contribution in [0.15, 0.2) is 54.6 Å². The monoisotopic (exact) mass is 433 g/mol. The van der Waals surface area contributed by atoms with Gasteiger partial charge in [-0.3, -0.25) is 4.79 Å². The number of fused-ring (bicyclic) bond motifs is 3. The molecule has 154 valence electrons. The second-order valence-corrected chi connectivity index (χ2v) is 7.47. The van der Waals surface area contributed by atoms with Gasteiger partial charge in [0.1, 0.15) is 17.2 Å². The molecule has 0 fully saturated rings. The van der Waals surface area contributed by atoms with Gasteiger partial charge in [-0.1, -0.05) is 24.3 Å². The summed E-state index contributed by atoms with van der Waals surface area (Å²) in [5.74, 6) is -0.879. The fraction of sp³-hybridized carbons (Fsp3) is 0.143. The predicted molar refractivity (Wildman–Crippen MR) is 104 cm³/mol. The summed E-state index contributed by atoms with van der Waals surface area (Å²) in [5, 5.41) is 2.13. The Bertz CT molecular complexity index is 1120. The summed E-state index contributed by atoms with van der Waals surface area (Å²) in [6, 6.07) is 13.6. The molecule has 2 heterocycles. The van der Waals surface area contributed by atoms with Crippen molar-refractivity contribution in [2.75, 3.05) is 11.9 Å². The number of ether oxygens (including phenoxy) is 2. The minimum Gasteiger partial charge on any atom is -0.488 e. The lowest BCUT2D eigenvalue weighted by Gasteiger charge is -2.16. The van der Waals surface area contributed by atoms with E-state index in [2.05, 4.69) is 5.32 Å². The van der Waals surface area contributed by atoms with Crippen LogP contribution in [-0.2, 0) is 22.3 Å². The third kappa shape index (κ3) is 4.02. The van der Waals surface area contributed by atoms with E-state index in [0.29, 0.717) is 6.61 Å². The first-order valence-corrected chi connectivity index (χ1v) is 9.62. The van der Waals surface area contributed by atoms with Gasteiger partial charge >= 0.3 is 12.1 Å². The standard InChI is InChI=1S/C21H14F3NO4S/c22-21(23,24)14-6-2-3-7-15(14)25-18(26)11-29-20(27)17-9-12-10-28-16-8-4-1-5-13(16)19(12)30-17/h1-9H,10-11H2,(H,25,26). The van der Waals surface area contributed by atoms with Crippen molar-refractivity contribution in [3.05, 3.63) is 70.6 Å². The van der Waals surface area contributed by atoms with E-state index in [0.717, 1.165) is 33.9 Å². The number of anilines is 1. The molecule has 30 heavy (non-hydrogen) atoms. The molecule has 1 N–H and O–H groups in total. The van der Waals surface area contributed by atoms with Crippen molar-refractivity contribution < 1.29 is 32.2 Å². The number of amides is 1. The van der Waals surface area contributed by atoms with Crippen LogP contribution in [0.25, 0.3) is 10.4 Å². The molecular weight excluding hydrogens is 419 g/mol. The minimum atomic E-state index is -4.62. The number of rotatable bonds is 4. The van der Waals surface area contributed by atoms with E-state index < -0.39 is 35.9 Å². The van der Waals surface area contributed by atoms with Crippen LogP contribution in [0.5, 0.6) is 5.75 Å². The molecule has 2 aromatic carbocycles. The van der Waals surface area contributed by atoms with Crippen molar-refractivity contribution in [2.45, 2.75) is 12.8 Å². The number of carbonyl (C=O) groups is 2. The molecule has 1 amide bonds. The lowest BCUT2D eigenvalue weighted by molar-refractivity contribution is -0.137. The third-order valence-corrected chi connectivity index (χ3v) is 5.56. The molecule has 0 saturated heterocycles. The fourth-order valence-electron chi connectivity index (χ4n) is 3.03. The zero-order valence-corrected chi connectivity index (χ0v) is 16.1. The number of hydrogen-bond acceptors (Lipinski definition) is 5. The van der Waals surface area contributed by atoms with Crippen LogP contribution < -0.4 is 10.1 Å². The number of hydrogen-bond donors (Lipinski definition) is 1. The molecule has 0 saturated carbocycles. The Morgan fingerprint density at radius 3 is 2.63 bits per heavy atom. The summed E-state index contributed by atoms with van der Waals surface area (Å²) in [6.45, 7) is -0.397. The van der Waals surface area contributed by atoms with Gasteiger partial charge in [-0.25, -0.2) is 4.79 Å². The summed E-state index contributed by atoms with van der Waals surface area (Å²) in [4.78, 5) is 25.5. The average Bonchev–Trinajstić information content (AvgIpc) is 3.17. The first kappa shape index (κ1) is 20.0. The lowest BCUT2D eigenvalue weighted by atomic mass is 10.1. The van der Waals surface area contributed by atoms with Crippen molar-refractivity contribution in [2.24, 2.45) is 0 Å². The largest absolute Gasteiger partial charge is 0.488 e. The maximum absolute atomic E-state index is 13.0. The van der Waals surface area contributed by atoms with E-state index in [1.165, 1.54) is 23.5 Å². The number of carbonyl (C=O) groups excluding carboxylic acids is 2. The van der Waals surface area contributed by atoms with Gasteiger partial charge < -0.3 is 14.8 Å². The second-order valence-electron chi connectivity index (χ2n) is 6.42. The fourth-order valence-corrected chi connectivity index (χ4v) is 4.12. The van der Waals surface area contributed by atoms with E-state index in [-0.39, 0.29) is 4.88 Å². The van der Waals surface area contributed by atoms with Crippen LogP contribution >= 0.6 is 11.3 Å². The Hall–Kier alpha value is -3.33. The summed E-state index contributed by atoms with van der Waals surface area (Å²) < 4.78 is 49.7. The molecule has 5 nitrogen and oxygen atoms in total. The number of para-hydroxylation sites is 2.